The Labute approximate surface area is 209 Å². The molecule has 2 amide bonds. The molecular formula is C25H40N4O5S. The summed E-state index contributed by atoms with van der Waals surface area (Å²) >= 11 is 0. The molecule has 1 fully saturated rings. The molecule has 1 heterocycles. The van der Waals surface area contributed by atoms with Crippen molar-refractivity contribution in [3.05, 3.63) is 16.7 Å². The van der Waals surface area contributed by atoms with Crippen LogP contribution in [0.25, 0.3) is 0 Å². The van der Waals surface area contributed by atoms with Crippen molar-refractivity contribution in [2.45, 2.75) is 99.1 Å². The highest BCUT2D eigenvalue weighted by molar-refractivity contribution is 7.91. The zero-order chi connectivity index (χ0) is 26.3. The van der Waals surface area contributed by atoms with E-state index in [1.165, 1.54) is 12.8 Å². The van der Waals surface area contributed by atoms with E-state index < -0.39 is 27.3 Å². The minimum absolute atomic E-state index is 0.148. The maximum absolute atomic E-state index is 13.0. The third kappa shape index (κ3) is 6.20. The van der Waals surface area contributed by atoms with Crippen molar-refractivity contribution in [1.82, 2.24) is 4.72 Å². The molecule has 1 aromatic carbocycles. The van der Waals surface area contributed by atoms with Gasteiger partial charge in [-0.25, -0.2) is 9.52 Å². The molecule has 0 radical (unpaired) electrons. The Bertz CT molecular complexity index is 1110. The summed E-state index contributed by atoms with van der Waals surface area (Å²) in [5.74, 6) is -0.148. The fraction of sp³-hybridized carbons (Fsp3) is 0.680. The van der Waals surface area contributed by atoms with Gasteiger partial charge >= 0.3 is 16.3 Å². The smallest absolute Gasteiger partial charge is 0.422 e. The normalized spacial score (nSPS) is 16.7. The number of nitrogens with zero attached hydrogens (tertiary/aromatic N) is 1. The number of ether oxygens (including phenoxy) is 1. The SMILES string of the molecule is Cc1c2c(c(NC(=O)C(C)(C)C)c(C)c1NS(=O)(=O)NC(=O)OC(C)(C)C)N(C1CCCC1)CC2. The van der Waals surface area contributed by atoms with Crippen molar-refractivity contribution in [3.8, 4) is 0 Å². The zero-order valence-corrected chi connectivity index (χ0v) is 23.0. The van der Waals surface area contributed by atoms with Crippen LogP contribution < -0.4 is 19.7 Å². The van der Waals surface area contributed by atoms with Gasteiger partial charge in [-0.1, -0.05) is 33.6 Å². The highest BCUT2D eigenvalue weighted by Crippen LogP contribution is 2.47. The highest BCUT2D eigenvalue weighted by atomic mass is 32.2. The van der Waals surface area contributed by atoms with Crippen molar-refractivity contribution in [1.29, 1.82) is 0 Å². The number of carbonyl (C=O) groups is 2. The molecule has 0 saturated heterocycles. The van der Waals surface area contributed by atoms with E-state index >= 15 is 0 Å². The van der Waals surface area contributed by atoms with E-state index in [2.05, 4.69) is 14.9 Å². The molecule has 2 aliphatic rings. The van der Waals surface area contributed by atoms with Gasteiger partial charge < -0.3 is 15.0 Å². The van der Waals surface area contributed by atoms with Crippen LogP contribution in [0.5, 0.6) is 0 Å². The van der Waals surface area contributed by atoms with E-state index in [-0.39, 0.29) is 5.91 Å². The van der Waals surface area contributed by atoms with Crippen LogP contribution in [0.2, 0.25) is 0 Å². The van der Waals surface area contributed by atoms with E-state index in [1.807, 2.05) is 32.4 Å². The summed E-state index contributed by atoms with van der Waals surface area (Å²) in [7, 11) is -4.27. The zero-order valence-electron chi connectivity index (χ0n) is 22.2. The first-order valence-electron chi connectivity index (χ1n) is 12.3. The molecule has 196 valence electrons. The molecular weight excluding hydrogens is 468 g/mol. The van der Waals surface area contributed by atoms with Gasteiger partial charge in [-0.15, -0.1) is 0 Å². The van der Waals surface area contributed by atoms with Gasteiger partial charge in [-0.3, -0.25) is 9.52 Å². The number of rotatable bonds is 5. The molecule has 35 heavy (non-hydrogen) atoms. The molecule has 0 bridgehead atoms. The fourth-order valence-electron chi connectivity index (χ4n) is 4.79. The third-order valence-corrected chi connectivity index (χ3v) is 7.44. The Hall–Kier alpha value is -2.49. The monoisotopic (exact) mass is 508 g/mol. The molecule has 9 nitrogen and oxygen atoms in total. The number of benzene rings is 1. The molecule has 10 heteroatoms. The van der Waals surface area contributed by atoms with Gasteiger partial charge in [0, 0.05) is 18.0 Å². The lowest BCUT2D eigenvalue weighted by molar-refractivity contribution is -0.123. The maximum Gasteiger partial charge on any atom is 0.422 e. The number of anilines is 3. The Morgan fingerprint density at radius 3 is 2.11 bits per heavy atom. The van der Waals surface area contributed by atoms with Crippen LogP contribution in [0, 0.1) is 19.3 Å². The molecule has 1 aliphatic carbocycles. The summed E-state index contributed by atoms with van der Waals surface area (Å²) < 4.78 is 35.2. The molecule has 1 aromatic rings. The van der Waals surface area contributed by atoms with Crippen LogP contribution in [0.1, 0.15) is 83.9 Å². The van der Waals surface area contributed by atoms with Gasteiger partial charge in [0.15, 0.2) is 0 Å². The van der Waals surface area contributed by atoms with Gasteiger partial charge in [0.05, 0.1) is 17.1 Å². The second-order valence-corrected chi connectivity index (χ2v) is 13.0. The Morgan fingerprint density at radius 2 is 1.57 bits per heavy atom. The summed E-state index contributed by atoms with van der Waals surface area (Å²) in [5, 5.41) is 3.10. The predicted octanol–water partition coefficient (Wildman–Crippen LogP) is 4.77. The maximum atomic E-state index is 13.0. The number of fused-ring (bicyclic) bond motifs is 1. The summed E-state index contributed by atoms with van der Waals surface area (Å²) in [4.78, 5) is 27.5. The van der Waals surface area contributed by atoms with Crippen molar-refractivity contribution >= 4 is 39.3 Å². The van der Waals surface area contributed by atoms with E-state index in [4.69, 9.17) is 4.74 Å². The molecule has 1 saturated carbocycles. The van der Waals surface area contributed by atoms with Gasteiger partial charge in [-0.2, -0.15) is 8.42 Å². The molecule has 0 spiro atoms. The Morgan fingerprint density at radius 1 is 0.971 bits per heavy atom. The van der Waals surface area contributed by atoms with Gasteiger partial charge in [-0.05, 0) is 70.6 Å². The van der Waals surface area contributed by atoms with Gasteiger partial charge in [0.25, 0.3) is 0 Å². The van der Waals surface area contributed by atoms with Crippen LogP contribution in [0.3, 0.4) is 0 Å². The number of carbonyl (C=O) groups excluding carboxylic acids is 2. The molecule has 0 atom stereocenters. The molecule has 3 N–H and O–H groups in total. The van der Waals surface area contributed by atoms with E-state index in [9.17, 15) is 18.0 Å². The molecule has 0 unspecified atom stereocenters. The second kappa shape index (κ2) is 9.52. The summed E-state index contributed by atoms with van der Waals surface area (Å²) in [6.45, 7) is 15.0. The van der Waals surface area contributed by atoms with Crippen molar-refractivity contribution in [2.75, 3.05) is 21.5 Å². The lowest BCUT2D eigenvalue weighted by Gasteiger charge is -2.31. The first-order chi connectivity index (χ1) is 16.0. The first-order valence-corrected chi connectivity index (χ1v) is 13.8. The highest BCUT2D eigenvalue weighted by Gasteiger charge is 2.36. The lowest BCUT2D eigenvalue weighted by Crippen LogP contribution is -2.39. The van der Waals surface area contributed by atoms with Crippen LogP contribution >= 0.6 is 0 Å². The average Bonchev–Trinajstić information content (AvgIpc) is 3.34. The molecule has 3 rings (SSSR count). The third-order valence-electron chi connectivity index (χ3n) is 6.53. The largest absolute Gasteiger partial charge is 0.443 e. The number of hydrogen-bond acceptors (Lipinski definition) is 6. The minimum Gasteiger partial charge on any atom is -0.443 e. The van der Waals surface area contributed by atoms with Gasteiger partial charge in [0.2, 0.25) is 5.91 Å². The van der Waals surface area contributed by atoms with Crippen LogP contribution in [0.15, 0.2) is 0 Å². The predicted molar refractivity (Wildman–Crippen MR) is 139 cm³/mol. The summed E-state index contributed by atoms with van der Waals surface area (Å²) in [5.41, 5.74) is 2.93. The first kappa shape index (κ1) is 27.1. The number of hydrogen-bond donors (Lipinski definition) is 3. The van der Waals surface area contributed by atoms with Crippen LogP contribution in [-0.2, 0) is 26.2 Å². The van der Waals surface area contributed by atoms with E-state index in [0.717, 1.165) is 42.6 Å². The van der Waals surface area contributed by atoms with Crippen molar-refractivity contribution < 1.29 is 22.7 Å². The number of nitrogens with one attached hydrogen (secondary N) is 3. The topological polar surface area (TPSA) is 117 Å². The average molecular weight is 509 g/mol. The van der Waals surface area contributed by atoms with E-state index in [1.54, 1.807) is 27.7 Å². The number of amides is 2. The Kier molecular flexibility index (Phi) is 7.37. The Balaban J connectivity index is 2.04. The summed E-state index contributed by atoms with van der Waals surface area (Å²) in [6, 6.07) is 0.414. The fourth-order valence-corrected chi connectivity index (χ4v) is 5.67. The van der Waals surface area contributed by atoms with Crippen molar-refractivity contribution in [3.63, 3.8) is 0 Å². The standard InChI is InChI=1S/C25H40N4O5S/c1-15-18-13-14-29(17-11-9-10-12-17)21(18)20(26-22(30)24(3,4)5)16(2)19(15)27-35(32,33)28-23(31)34-25(6,7)8/h17,27H,9-14H2,1-8H3,(H,26,30)(H,28,31). The van der Waals surface area contributed by atoms with Crippen LogP contribution in [0.4, 0.5) is 21.9 Å². The second-order valence-electron chi connectivity index (χ2n) is 11.6. The summed E-state index contributed by atoms with van der Waals surface area (Å²) in [6.07, 6.45) is 4.29. The molecule has 0 aromatic heterocycles. The molecule has 1 aliphatic heterocycles. The van der Waals surface area contributed by atoms with Gasteiger partial charge in [0.1, 0.15) is 5.60 Å². The van der Waals surface area contributed by atoms with E-state index in [0.29, 0.717) is 23.0 Å². The van der Waals surface area contributed by atoms with Crippen LogP contribution in [-0.4, -0.2) is 38.6 Å². The minimum atomic E-state index is -4.27. The quantitative estimate of drug-likeness (QED) is 0.527. The lowest BCUT2D eigenvalue weighted by atomic mass is 9.93. The van der Waals surface area contributed by atoms with Crippen molar-refractivity contribution in [2.24, 2.45) is 5.41 Å².